The van der Waals surface area contributed by atoms with E-state index in [0.717, 1.165) is 11.7 Å². The SMILES string of the molecule is CC1CSC(=NCC2CCCN2C)N1. The fraction of sp³-hybridized carbons (Fsp3) is 0.900. The molecule has 0 bridgehead atoms. The van der Waals surface area contributed by atoms with Crippen LogP contribution in [0.5, 0.6) is 0 Å². The standard InChI is InChI=1S/C10H19N3S/c1-8-7-14-10(12-8)11-6-9-4-3-5-13(9)2/h8-9H,3-7H2,1-2H3,(H,11,12). The molecule has 0 aliphatic carbocycles. The molecule has 2 rings (SSSR count). The van der Waals surface area contributed by atoms with Crippen molar-refractivity contribution in [1.29, 1.82) is 0 Å². The Morgan fingerprint density at radius 1 is 1.64 bits per heavy atom. The molecule has 14 heavy (non-hydrogen) atoms. The van der Waals surface area contributed by atoms with E-state index in [-0.39, 0.29) is 0 Å². The third-order valence-electron chi connectivity index (χ3n) is 2.96. The van der Waals surface area contributed by atoms with Gasteiger partial charge in [-0.3, -0.25) is 4.99 Å². The maximum Gasteiger partial charge on any atom is 0.156 e. The van der Waals surface area contributed by atoms with E-state index in [1.165, 1.54) is 25.1 Å². The Hall–Kier alpha value is -0.220. The van der Waals surface area contributed by atoms with E-state index in [4.69, 9.17) is 0 Å². The summed E-state index contributed by atoms with van der Waals surface area (Å²) in [5.74, 6) is 1.17. The predicted octanol–water partition coefficient (Wildman–Crippen LogP) is 1.16. The maximum absolute atomic E-state index is 4.63. The Bertz CT molecular complexity index is 229. The number of amidine groups is 1. The number of likely N-dealkylation sites (N-methyl/N-ethyl adjacent to an activating group) is 1. The fourth-order valence-electron chi connectivity index (χ4n) is 1.99. The molecule has 2 atom stereocenters. The Labute approximate surface area is 90.3 Å². The third kappa shape index (κ3) is 2.42. The third-order valence-corrected chi connectivity index (χ3v) is 4.14. The first-order valence-corrected chi connectivity index (χ1v) is 6.38. The van der Waals surface area contributed by atoms with E-state index in [2.05, 4.69) is 29.2 Å². The van der Waals surface area contributed by atoms with Gasteiger partial charge in [0.2, 0.25) is 0 Å². The highest BCUT2D eigenvalue weighted by Gasteiger charge is 2.21. The maximum atomic E-state index is 4.63. The van der Waals surface area contributed by atoms with Crippen molar-refractivity contribution in [3.8, 4) is 0 Å². The molecular formula is C10H19N3S. The van der Waals surface area contributed by atoms with Gasteiger partial charge >= 0.3 is 0 Å². The Morgan fingerprint density at radius 2 is 2.50 bits per heavy atom. The van der Waals surface area contributed by atoms with Crippen LogP contribution in [0.2, 0.25) is 0 Å². The zero-order chi connectivity index (χ0) is 9.97. The van der Waals surface area contributed by atoms with Crippen molar-refractivity contribution in [3.05, 3.63) is 0 Å². The monoisotopic (exact) mass is 213 g/mol. The van der Waals surface area contributed by atoms with E-state index in [1.807, 2.05) is 11.8 Å². The topological polar surface area (TPSA) is 27.6 Å². The van der Waals surface area contributed by atoms with Crippen LogP contribution in [0.3, 0.4) is 0 Å². The van der Waals surface area contributed by atoms with Gasteiger partial charge in [-0.25, -0.2) is 0 Å². The van der Waals surface area contributed by atoms with Crippen molar-refractivity contribution < 1.29 is 0 Å². The Kier molecular flexibility index (Phi) is 3.34. The lowest BCUT2D eigenvalue weighted by Crippen LogP contribution is -2.29. The lowest BCUT2D eigenvalue weighted by Gasteiger charge is -2.16. The van der Waals surface area contributed by atoms with Gasteiger partial charge in [0.1, 0.15) is 0 Å². The van der Waals surface area contributed by atoms with Crippen LogP contribution in [0.1, 0.15) is 19.8 Å². The van der Waals surface area contributed by atoms with Gasteiger partial charge in [-0.2, -0.15) is 0 Å². The highest BCUT2D eigenvalue weighted by Crippen LogP contribution is 2.17. The molecular weight excluding hydrogens is 194 g/mol. The summed E-state index contributed by atoms with van der Waals surface area (Å²) in [6, 6.07) is 1.28. The van der Waals surface area contributed by atoms with Crippen LogP contribution in [-0.4, -0.2) is 48.0 Å². The molecule has 0 aromatic rings. The van der Waals surface area contributed by atoms with Crippen LogP contribution in [0.15, 0.2) is 4.99 Å². The molecule has 0 aromatic carbocycles. The second-order valence-electron chi connectivity index (χ2n) is 4.28. The first kappa shape index (κ1) is 10.3. The number of hydrogen-bond donors (Lipinski definition) is 1. The molecule has 80 valence electrons. The van der Waals surface area contributed by atoms with E-state index < -0.39 is 0 Å². The minimum atomic E-state index is 0.597. The predicted molar refractivity (Wildman–Crippen MR) is 63.0 cm³/mol. The lowest BCUT2D eigenvalue weighted by atomic mass is 10.2. The second kappa shape index (κ2) is 4.53. The quantitative estimate of drug-likeness (QED) is 0.746. The first-order chi connectivity index (χ1) is 6.75. The van der Waals surface area contributed by atoms with Crippen LogP contribution in [0.25, 0.3) is 0 Å². The average Bonchev–Trinajstić information content (AvgIpc) is 2.72. The number of rotatable bonds is 2. The van der Waals surface area contributed by atoms with Crippen LogP contribution in [-0.2, 0) is 0 Å². The van der Waals surface area contributed by atoms with Crippen LogP contribution < -0.4 is 5.32 Å². The Balaban J connectivity index is 1.81. The van der Waals surface area contributed by atoms with Crippen molar-refractivity contribution in [1.82, 2.24) is 10.2 Å². The molecule has 0 saturated carbocycles. The first-order valence-electron chi connectivity index (χ1n) is 5.40. The van der Waals surface area contributed by atoms with Crippen molar-refractivity contribution in [3.63, 3.8) is 0 Å². The summed E-state index contributed by atoms with van der Waals surface area (Å²) in [6.45, 7) is 4.42. The fourth-order valence-corrected chi connectivity index (χ4v) is 2.93. The van der Waals surface area contributed by atoms with Gasteiger partial charge in [0.05, 0.1) is 6.54 Å². The van der Waals surface area contributed by atoms with Gasteiger partial charge < -0.3 is 10.2 Å². The molecule has 2 unspecified atom stereocenters. The molecule has 0 amide bonds. The summed E-state index contributed by atoms with van der Waals surface area (Å²) in [5.41, 5.74) is 0. The van der Waals surface area contributed by atoms with E-state index in [9.17, 15) is 0 Å². The van der Waals surface area contributed by atoms with E-state index in [1.54, 1.807) is 0 Å². The number of aliphatic imine (C=N–C) groups is 1. The zero-order valence-corrected chi connectivity index (χ0v) is 9.81. The van der Waals surface area contributed by atoms with E-state index in [0.29, 0.717) is 12.1 Å². The normalized spacial score (nSPS) is 36.6. The number of nitrogens with zero attached hydrogens (tertiary/aromatic N) is 2. The largest absolute Gasteiger partial charge is 0.362 e. The van der Waals surface area contributed by atoms with Crippen LogP contribution in [0.4, 0.5) is 0 Å². The number of nitrogens with one attached hydrogen (secondary N) is 1. The molecule has 2 fully saturated rings. The molecule has 3 nitrogen and oxygen atoms in total. The summed E-state index contributed by atoms with van der Waals surface area (Å²) in [6.07, 6.45) is 2.65. The average molecular weight is 213 g/mol. The molecule has 2 heterocycles. The van der Waals surface area contributed by atoms with Gasteiger partial charge in [0.15, 0.2) is 5.17 Å². The van der Waals surface area contributed by atoms with Crippen LogP contribution in [0, 0.1) is 0 Å². The minimum absolute atomic E-state index is 0.597. The van der Waals surface area contributed by atoms with Crippen molar-refractivity contribution in [2.75, 3.05) is 25.9 Å². The van der Waals surface area contributed by atoms with Gasteiger partial charge in [-0.15, -0.1) is 0 Å². The van der Waals surface area contributed by atoms with Crippen molar-refractivity contribution >= 4 is 16.9 Å². The summed E-state index contributed by atoms with van der Waals surface area (Å²) in [5, 5.41) is 4.54. The number of likely N-dealkylation sites (tertiary alicyclic amines) is 1. The van der Waals surface area contributed by atoms with Gasteiger partial charge in [0, 0.05) is 17.8 Å². The van der Waals surface area contributed by atoms with Crippen LogP contribution >= 0.6 is 11.8 Å². The minimum Gasteiger partial charge on any atom is -0.362 e. The highest BCUT2D eigenvalue weighted by atomic mass is 32.2. The molecule has 2 aliphatic heterocycles. The molecule has 0 spiro atoms. The molecule has 1 N–H and O–H groups in total. The highest BCUT2D eigenvalue weighted by molar-refractivity contribution is 8.14. The lowest BCUT2D eigenvalue weighted by molar-refractivity contribution is 0.317. The number of thioether (sulfide) groups is 1. The molecule has 0 aromatic heterocycles. The van der Waals surface area contributed by atoms with Gasteiger partial charge in [0.25, 0.3) is 0 Å². The Morgan fingerprint density at radius 3 is 3.07 bits per heavy atom. The molecule has 2 saturated heterocycles. The summed E-state index contributed by atoms with van der Waals surface area (Å²) in [7, 11) is 2.20. The smallest absolute Gasteiger partial charge is 0.156 e. The molecule has 2 aliphatic rings. The van der Waals surface area contributed by atoms with Gasteiger partial charge in [-0.1, -0.05) is 11.8 Å². The molecule has 0 radical (unpaired) electrons. The summed E-state index contributed by atoms with van der Waals surface area (Å²) in [4.78, 5) is 7.06. The van der Waals surface area contributed by atoms with Gasteiger partial charge in [-0.05, 0) is 33.4 Å². The zero-order valence-electron chi connectivity index (χ0n) is 8.99. The molecule has 4 heteroatoms. The summed E-state index contributed by atoms with van der Waals surface area (Å²) < 4.78 is 0. The second-order valence-corrected chi connectivity index (χ2v) is 5.29. The summed E-state index contributed by atoms with van der Waals surface area (Å²) >= 11 is 1.86. The van der Waals surface area contributed by atoms with Crippen molar-refractivity contribution in [2.24, 2.45) is 4.99 Å². The number of hydrogen-bond acceptors (Lipinski definition) is 3. The van der Waals surface area contributed by atoms with Crippen molar-refractivity contribution in [2.45, 2.75) is 31.8 Å². The van der Waals surface area contributed by atoms with E-state index >= 15 is 0 Å².